The summed E-state index contributed by atoms with van der Waals surface area (Å²) in [6, 6.07) is 20.6. The highest BCUT2D eigenvalue weighted by Gasteiger charge is 1.87. The molecular weight excluding hydrogens is 288 g/mol. The molecule has 24 heavy (non-hydrogen) atoms. The van der Waals surface area contributed by atoms with Gasteiger partial charge in [0.2, 0.25) is 0 Å². The van der Waals surface area contributed by atoms with Crippen LogP contribution in [-0.2, 0) is 0 Å². The van der Waals surface area contributed by atoms with Crippen molar-refractivity contribution in [2.75, 3.05) is 0 Å². The van der Waals surface area contributed by atoms with E-state index in [2.05, 4.69) is 86.7 Å². The molecule has 0 aliphatic carbocycles. The quantitative estimate of drug-likeness (QED) is 0.511. The van der Waals surface area contributed by atoms with Gasteiger partial charge in [0.25, 0.3) is 0 Å². The van der Waals surface area contributed by atoms with Crippen LogP contribution < -0.4 is 0 Å². The first-order valence-corrected chi connectivity index (χ1v) is 8.23. The smallest absolute Gasteiger partial charge is 0.0257 e. The molecule has 0 spiro atoms. The Morgan fingerprint density at radius 2 is 0.917 bits per heavy atom. The van der Waals surface area contributed by atoms with Gasteiger partial charge in [-0.15, -0.1) is 0 Å². The van der Waals surface area contributed by atoms with Gasteiger partial charge in [0.1, 0.15) is 0 Å². The van der Waals surface area contributed by atoms with Crippen LogP contribution in [0.2, 0.25) is 0 Å². The summed E-state index contributed by atoms with van der Waals surface area (Å²) >= 11 is 0. The van der Waals surface area contributed by atoms with Crippen LogP contribution in [0.5, 0.6) is 0 Å². The average molecular weight is 312 g/mol. The molecule has 0 heterocycles. The summed E-state index contributed by atoms with van der Waals surface area (Å²) in [6.07, 6.45) is 16.8. The lowest BCUT2D eigenvalue weighted by atomic mass is 10.1. The first-order valence-electron chi connectivity index (χ1n) is 8.23. The average Bonchev–Trinajstić information content (AvgIpc) is 2.63. The summed E-state index contributed by atoms with van der Waals surface area (Å²) in [5, 5.41) is 0. The van der Waals surface area contributed by atoms with Crippen LogP contribution in [-0.4, -0.2) is 0 Å². The predicted molar refractivity (Wildman–Crippen MR) is 108 cm³/mol. The van der Waals surface area contributed by atoms with Gasteiger partial charge in [0.15, 0.2) is 0 Å². The summed E-state index contributed by atoms with van der Waals surface area (Å²) in [5.41, 5.74) is 4.95. The minimum atomic E-state index is 1.21. The fourth-order valence-electron chi connectivity index (χ4n) is 2.12. The molecule has 0 saturated carbocycles. The van der Waals surface area contributed by atoms with Crippen molar-refractivity contribution >= 4 is 12.2 Å². The Hall–Kier alpha value is -2.86. The van der Waals surface area contributed by atoms with Gasteiger partial charge in [0.05, 0.1) is 0 Å². The highest BCUT2D eigenvalue weighted by atomic mass is 13.9. The zero-order chi connectivity index (χ0) is 17.0. The molecule has 0 atom stereocenters. The van der Waals surface area contributed by atoms with Crippen molar-refractivity contribution in [1.82, 2.24) is 0 Å². The van der Waals surface area contributed by atoms with Crippen LogP contribution >= 0.6 is 0 Å². The topological polar surface area (TPSA) is 0 Å². The van der Waals surface area contributed by atoms with Gasteiger partial charge in [-0.05, 0) is 36.1 Å². The van der Waals surface area contributed by atoms with Crippen LogP contribution in [0.15, 0.2) is 108 Å². The molecule has 0 aromatic heterocycles. The summed E-state index contributed by atoms with van der Waals surface area (Å²) in [7, 11) is 0. The van der Waals surface area contributed by atoms with Gasteiger partial charge in [0, 0.05) is 0 Å². The molecule has 0 aliphatic rings. The Kier molecular flexibility index (Phi) is 7.30. The Bertz CT molecular complexity index is 687. The van der Waals surface area contributed by atoms with Crippen LogP contribution in [0, 0.1) is 0 Å². The van der Waals surface area contributed by atoms with Crippen molar-refractivity contribution in [3.8, 4) is 0 Å². The van der Waals surface area contributed by atoms with E-state index in [0.717, 1.165) is 0 Å². The van der Waals surface area contributed by atoms with E-state index in [1.165, 1.54) is 22.3 Å². The molecule has 0 aliphatic heterocycles. The van der Waals surface area contributed by atoms with Crippen LogP contribution in [0.3, 0.4) is 0 Å². The van der Waals surface area contributed by atoms with Crippen molar-refractivity contribution < 1.29 is 0 Å². The van der Waals surface area contributed by atoms with E-state index < -0.39 is 0 Å². The molecular formula is C24H24. The van der Waals surface area contributed by atoms with Gasteiger partial charge in [-0.1, -0.05) is 109 Å². The van der Waals surface area contributed by atoms with E-state index >= 15 is 0 Å². The lowest BCUT2D eigenvalue weighted by Crippen LogP contribution is -1.75. The standard InChI is InChI=1S/C24H24/c1-21(13-9-11-19-23-15-5-3-6-16-23)22(2)14-10-12-20-24-17-7-4-8-18-24/h3-20H,1-2H3/b13-9+,14-10+,19-11+,20-12+,22-21-. The Balaban J connectivity index is 1.90. The van der Waals surface area contributed by atoms with E-state index in [9.17, 15) is 0 Å². The minimum absolute atomic E-state index is 1.21. The summed E-state index contributed by atoms with van der Waals surface area (Å²) in [5.74, 6) is 0. The highest BCUT2D eigenvalue weighted by molar-refractivity contribution is 5.52. The van der Waals surface area contributed by atoms with Crippen molar-refractivity contribution in [2.24, 2.45) is 0 Å². The molecule has 2 aromatic carbocycles. The molecule has 0 fully saturated rings. The molecule has 2 aromatic rings. The van der Waals surface area contributed by atoms with E-state index in [4.69, 9.17) is 0 Å². The molecule has 0 radical (unpaired) electrons. The second kappa shape index (κ2) is 10.0. The normalized spacial score (nSPS) is 13.4. The van der Waals surface area contributed by atoms with E-state index in [1.807, 2.05) is 36.4 Å². The van der Waals surface area contributed by atoms with Crippen molar-refractivity contribution in [1.29, 1.82) is 0 Å². The third kappa shape index (κ3) is 6.50. The lowest BCUT2D eigenvalue weighted by molar-refractivity contribution is 1.37. The van der Waals surface area contributed by atoms with Gasteiger partial charge in [-0.25, -0.2) is 0 Å². The largest absolute Gasteiger partial charge is 0.0622 e. The monoisotopic (exact) mass is 312 g/mol. The lowest BCUT2D eigenvalue weighted by Gasteiger charge is -1.96. The Morgan fingerprint density at radius 3 is 1.29 bits per heavy atom. The van der Waals surface area contributed by atoms with E-state index in [-0.39, 0.29) is 0 Å². The summed E-state index contributed by atoms with van der Waals surface area (Å²) in [6.45, 7) is 4.26. The zero-order valence-corrected chi connectivity index (χ0v) is 14.4. The summed E-state index contributed by atoms with van der Waals surface area (Å²) < 4.78 is 0. The van der Waals surface area contributed by atoms with Crippen molar-refractivity contribution in [2.45, 2.75) is 13.8 Å². The second-order valence-corrected chi connectivity index (χ2v) is 5.62. The second-order valence-electron chi connectivity index (χ2n) is 5.62. The number of hydrogen-bond donors (Lipinski definition) is 0. The summed E-state index contributed by atoms with van der Waals surface area (Å²) in [4.78, 5) is 0. The number of hydrogen-bond acceptors (Lipinski definition) is 0. The maximum absolute atomic E-state index is 2.14. The maximum atomic E-state index is 2.14. The fourth-order valence-corrected chi connectivity index (χ4v) is 2.12. The molecule has 0 N–H and O–H groups in total. The van der Waals surface area contributed by atoms with Crippen molar-refractivity contribution in [3.63, 3.8) is 0 Å². The molecule has 0 nitrogen and oxygen atoms in total. The number of rotatable bonds is 6. The predicted octanol–water partition coefficient (Wildman–Crippen LogP) is 6.86. The third-order valence-electron chi connectivity index (χ3n) is 3.71. The van der Waals surface area contributed by atoms with Gasteiger partial charge < -0.3 is 0 Å². The SMILES string of the molecule is CC(/C=C/C=C/c1ccccc1)=C(C)/C=C/C=C/c1ccccc1. The van der Waals surface area contributed by atoms with E-state index in [0.29, 0.717) is 0 Å². The number of benzene rings is 2. The zero-order valence-electron chi connectivity index (χ0n) is 14.4. The van der Waals surface area contributed by atoms with E-state index in [1.54, 1.807) is 0 Å². The molecule has 0 saturated heterocycles. The molecule has 0 heteroatoms. The van der Waals surface area contributed by atoms with Crippen molar-refractivity contribution in [3.05, 3.63) is 119 Å². The molecule has 0 unspecified atom stereocenters. The minimum Gasteiger partial charge on any atom is -0.0622 e. The van der Waals surface area contributed by atoms with Crippen LogP contribution in [0.4, 0.5) is 0 Å². The van der Waals surface area contributed by atoms with Crippen LogP contribution in [0.25, 0.3) is 12.2 Å². The molecule has 0 bridgehead atoms. The molecule has 2 rings (SSSR count). The number of allylic oxidation sites excluding steroid dienone is 8. The maximum Gasteiger partial charge on any atom is -0.0257 e. The Morgan fingerprint density at radius 1 is 0.542 bits per heavy atom. The first kappa shape index (κ1) is 17.5. The van der Waals surface area contributed by atoms with Gasteiger partial charge in [-0.3, -0.25) is 0 Å². The third-order valence-corrected chi connectivity index (χ3v) is 3.71. The van der Waals surface area contributed by atoms with Crippen LogP contribution in [0.1, 0.15) is 25.0 Å². The van der Waals surface area contributed by atoms with Gasteiger partial charge >= 0.3 is 0 Å². The van der Waals surface area contributed by atoms with Gasteiger partial charge in [-0.2, -0.15) is 0 Å². The Labute approximate surface area is 145 Å². The molecule has 0 amide bonds. The highest BCUT2D eigenvalue weighted by Crippen LogP contribution is 2.08. The first-order chi connectivity index (χ1) is 11.8. The molecule has 120 valence electrons. The fraction of sp³-hybridized carbons (Fsp3) is 0.0833.